The summed E-state index contributed by atoms with van der Waals surface area (Å²) in [7, 11) is 0. The number of urea groups is 1. The van der Waals surface area contributed by atoms with Gasteiger partial charge < -0.3 is 20.1 Å². The number of benzene rings is 1. The van der Waals surface area contributed by atoms with E-state index >= 15 is 0 Å². The van der Waals surface area contributed by atoms with Crippen molar-refractivity contribution >= 4 is 23.3 Å². The van der Waals surface area contributed by atoms with Crippen LogP contribution in [0.4, 0.5) is 14.9 Å². The largest absolute Gasteiger partial charge is 0.394 e. The molecule has 0 saturated carbocycles. The Morgan fingerprint density at radius 2 is 2.40 bits per heavy atom. The first kappa shape index (κ1) is 15.0. The zero-order valence-corrected chi connectivity index (χ0v) is 11.8. The molecule has 1 saturated heterocycles. The molecule has 0 aromatic heterocycles. The number of nitrogens with one attached hydrogen (secondary N) is 1. The molecule has 0 aliphatic carbocycles. The first-order chi connectivity index (χ1) is 9.52. The molecule has 1 aromatic carbocycles. The van der Waals surface area contributed by atoms with Crippen molar-refractivity contribution in [1.82, 2.24) is 4.90 Å². The van der Waals surface area contributed by atoms with Crippen LogP contribution in [0.3, 0.4) is 0 Å². The summed E-state index contributed by atoms with van der Waals surface area (Å²) in [5, 5.41) is 12.0. The second-order valence-corrected chi connectivity index (χ2v) is 5.02. The molecule has 0 spiro atoms. The highest BCUT2D eigenvalue weighted by Crippen LogP contribution is 2.25. The summed E-state index contributed by atoms with van der Waals surface area (Å²) in [5.41, 5.74) is 0.740. The number of ether oxygens (including phenoxy) is 1. The minimum absolute atomic E-state index is 0.134. The van der Waals surface area contributed by atoms with E-state index in [1.54, 1.807) is 6.92 Å². The molecule has 1 aliphatic rings. The zero-order chi connectivity index (χ0) is 14.7. The Morgan fingerprint density at radius 1 is 1.65 bits per heavy atom. The number of carbonyl (C=O) groups is 1. The summed E-state index contributed by atoms with van der Waals surface area (Å²) in [6, 6.07) is 1.86. The predicted octanol–water partition coefficient (Wildman–Crippen LogP) is 2.01. The number of nitrogens with zero attached hydrogens (tertiary/aromatic N) is 1. The highest BCUT2D eigenvalue weighted by Gasteiger charge is 2.27. The fraction of sp³-hybridized carbons (Fsp3) is 0.462. The predicted molar refractivity (Wildman–Crippen MR) is 73.6 cm³/mol. The highest BCUT2D eigenvalue weighted by molar-refractivity contribution is 6.33. The van der Waals surface area contributed by atoms with E-state index in [4.69, 9.17) is 16.3 Å². The zero-order valence-electron chi connectivity index (χ0n) is 11.0. The van der Waals surface area contributed by atoms with E-state index in [0.717, 1.165) is 6.07 Å². The van der Waals surface area contributed by atoms with Crippen molar-refractivity contribution in [1.29, 1.82) is 0 Å². The normalized spacial score (nSPS) is 19.0. The highest BCUT2D eigenvalue weighted by atomic mass is 35.5. The molecule has 110 valence electrons. The maximum Gasteiger partial charge on any atom is 0.322 e. The number of amides is 2. The van der Waals surface area contributed by atoms with Gasteiger partial charge in [0, 0.05) is 6.54 Å². The van der Waals surface area contributed by atoms with Gasteiger partial charge in [0.2, 0.25) is 0 Å². The summed E-state index contributed by atoms with van der Waals surface area (Å²) in [6.07, 6.45) is 0. The molecule has 2 rings (SSSR count). The molecule has 1 fully saturated rings. The molecule has 1 heterocycles. The minimum atomic E-state index is -0.424. The third-order valence-electron chi connectivity index (χ3n) is 3.19. The molecular formula is C13H16ClFN2O3. The van der Waals surface area contributed by atoms with E-state index < -0.39 is 5.82 Å². The number of aliphatic hydroxyl groups excluding tert-OH is 1. The van der Waals surface area contributed by atoms with Gasteiger partial charge in [0.05, 0.1) is 36.6 Å². The second kappa shape index (κ2) is 6.39. The van der Waals surface area contributed by atoms with Gasteiger partial charge in [-0.25, -0.2) is 9.18 Å². The summed E-state index contributed by atoms with van der Waals surface area (Å²) < 4.78 is 18.5. The van der Waals surface area contributed by atoms with Gasteiger partial charge in [-0.3, -0.25) is 0 Å². The van der Waals surface area contributed by atoms with Crippen LogP contribution in [-0.4, -0.2) is 48.4 Å². The van der Waals surface area contributed by atoms with Crippen molar-refractivity contribution in [3.63, 3.8) is 0 Å². The van der Waals surface area contributed by atoms with Crippen molar-refractivity contribution in [3.8, 4) is 0 Å². The minimum Gasteiger partial charge on any atom is -0.394 e. The summed E-state index contributed by atoms with van der Waals surface area (Å²) >= 11 is 5.91. The van der Waals surface area contributed by atoms with Crippen LogP contribution >= 0.6 is 11.6 Å². The monoisotopic (exact) mass is 302 g/mol. The van der Waals surface area contributed by atoms with Gasteiger partial charge in [0.25, 0.3) is 0 Å². The molecule has 2 amide bonds. The van der Waals surface area contributed by atoms with Gasteiger partial charge >= 0.3 is 6.03 Å². The third-order valence-corrected chi connectivity index (χ3v) is 3.50. The Balaban J connectivity index is 2.13. The molecular weight excluding hydrogens is 287 g/mol. The Labute approximate surface area is 121 Å². The molecule has 2 N–H and O–H groups in total. The maximum absolute atomic E-state index is 13.3. The quantitative estimate of drug-likeness (QED) is 0.878. The lowest BCUT2D eigenvalue weighted by Gasteiger charge is -2.34. The molecule has 0 radical (unpaired) electrons. The van der Waals surface area contributed by atoms with Gasteiger partial charge in [0.1, 0.15) is 5.82 Å². The molecule has 7 heteroatoms. The van der Waals surface area contributed by atoms with E-state index in [9.17, 15) is 14.3 Å². The fourth-order valence-corrected chi connectivity index (χ4v) is 2.21. The molecule has 1 aliphatic heterocycles. The number of hydrogen-bond acceptors (Lipinski definition) is 3. The number of halogens is 2. The number of rotatable bonds is 2. The van der Waals surface area contributed by atoms with E-state index in [2.05, 4.69) is 5.32 Å². The van der Waals surface area contributed by atoms with Crippen molar-refractivity contribution < 1.29 is 19.0 Å². The smallest absolute Gasteiger partial charge is 0.322 e. The summed E-state index contributed by atoms with van der Waals surface area (Å²) in [6.45, 7) is 2.51. The van der Waals surface area contributed by atoms with E-state index in [1.165, 1.54) is 11.0 Å². The average Bonchev–Trinajstić information content (AvgIpc) is 2.44. The Morgan fingerprint density at radius 3 is 3.10 bits per heavy atom. The van der Waals surface area contributed by atoms with Gasteiger partial charge in [0.15, 0.2) is 0 Å². The topological polar surface area (TPSA) is 61.8 Å². The van der Waals surface area contributed by atoms with Crippen LogP contribution in [0.2, 0.25) is 5.02 Å². The molecule has 0 unspecified atom stereocenters. The number of aliphatic hydroxyl groups is 1. The van der Waals surface area contributed by atoms with E-state index in [-0.39, 0.29) is 23.7 Å². The average molecular weight is 303 g/mol. The molecule has 5 nitrogen and oxygen atoms in total. The van der Waals surface area contributed by atoms with Crippen LogP contribution in [0.5, 0.6) is 0 Å². The van der Waals surface area contributed by atoms with Gasteiger partial charge in [-0.1, -0.05) is 11.6 Å². The lowest BCUT2D eigenvalue weighted by Crippen LogP contribution is -2.52. The SMILES string of the molecule is Cc1cc(NC(=O)N2CCOC[C@H]2CO)c(Cl)cc1F. The first-order valence-corrected chi connectivity index (χ1v) is 6.62. The fourth-order valence-electron chi connectivity index (χ4n) is 2.01. The van der Waals surface area contributed by atoms with Gasteiger partial charge in [-0.15, -0.1) is 0 Å². The Bertz CT molecular complexity index is 513. The number of hydrogen-bond donors (Lipinski definition) is 2. The lowest BCUT2D eigenvalue weighted by molar-refractivity contribution is -0.00485. The lowest BCUT2D eigenvalue weighted by atomic mass is 10.2. The van der Waals surface area contributed by atoms with Crippen LogP contribution in [-0.2, 0) is 4.74 Å². The van der Waals surface area contributed by atoms with Crippen LogP contribution in [0.1, 0.15) is 5.56 Å². The van der Waals surface area contributed by atoms with Gasteiger partial charge in [-0.05, 0) is 24.6 Å². The molecule has 0 bridgehead atoms. The number of morpholine rings is 1. The van der Waals surface area contributed by atoms with Crippen molar-refractivity contribution in [2.24, 2.45) is 0 Å². The summed E-state index contributed by atoms with van der Waals surface area (Å²) in [4.78, 5) is 13.7. The number of aryl methyl sites for hydroxylation is 1. The number of carbonyl (C=O) groups excluding carboxylic acids is 1. The Hall–Kier alpha value is -1.37. The van der Waals surface area contributed by atoms with Crippen LogP contribution in [0.25, 0.3) is 0 Å². The third kappa shape index (κ3) is 3.20. The van der Waals surface area contributed by atoms with Crippen LogP contribution in [0, 0.1) is 12.7 Å². The van der Waals surface area contributed by atoms with Crippen molar-refractivity contribution in [3.05, 3.63) is 28.5 Å². The first-order valence-electron chi connectivity index (χ1n) is 6.24. The molecule has 1 aromatic rings. The Kier molecular flexibility index (Phi) is 4.80. The summed E-state index contributed by atoms with van der Waals surface area (Å²) in [5.74, 6) is -0.424. The maximum atomic E-state index is 13.3. The second-order valence-electron chi connectivity index (χ2n) is 4.62. The van der Waals surface area contributed by atoms with E-state index in [1.807, 2.05) is 0 Å². The van der Waals surface area contributed by atoms with Crippen molar-refractivity contribution in [2.45, 2.75) is 13.0 Å². The number of anilines is 1. The van der Waals surface area contributed by atoms with Crippen LogP contribution in [0.15, 0.2) is 12.1 Å². The van der Waals surface area contributed by atoms with Crippen molar-refractivity contribution in [2.75, 3.05) is 31.7 Å². The van der Waals surface area contributed by atoms with Gasteiger partial charge in [-0.2, -0.15) is 0 Å². The molecule has 1 atom stereocenters. The standard InChI is InChI=1S/C13H16ClFN2O3/c1-8-4-12(10(14)5-11(8)15)16-13(19)17-2-3-20-7-9(17)6-18/h4-5,9,18H,2-3,6-7H2,1H3,(H,16,19)/t9-/m1/s1. The van der Waals surface area contributed by atoms with Crippen LogP contribution < -0.4 is 5.32 Å². The van der Waals surface area contributed by atoms with E-state index in [0.29, 0.717) is 31.0 Å². The molecule has 20 heavy (non-hydrogen) atoms.